The summed E-state index contributed by atoms with van der Waals surface area (Å²) in [6, 6.07) is 18.7. The van der Waals surface area contributed by atoms with Crippen LogP contribution < -0.4 is 20.3 Å². The summed E-state index contributed by atoms with van der Waals surface area (Å²) in [5.74, 6) is 0.300. The maximum atomic E-state index is 12.5. The molecule has 7 heteroatoms. The Bertz CT molecular complexity index is 1280. The first kappa shape index (κ1) is 20.3. The molecule has 0 spiro atoms. The lowest BCUT2D eigenvalue weighted by Gasteiger charge is -2.15. The van der Waals surface area contributed by atoms with E-state index in [1.807, 2.05) is 36.4 Å². The Hall–Kier alpha value is -4.00. The predicted molar refractivity (Wildman–Crippen MR) is 117 cm³/mol. The number of nitrogens with one attached hydrogen (secondary N) is 2. The molecule has 0 bridgehead atoms. The van der Waals surface area contributed by atoms with Gasteiger partial charge in [0.25, 0.3) is 5.91 Å². The molecule has 0 aliphatic carbocycles. The molecule has 158 valence electrons. The van der Waals surface area contributed by atoms with Crippen LogP contribution in [0.25, 0.3) is 21.7 Å². The number of amides is 2. The summed E-state index contributed by atoms with van der Waals surface area (Å²) in [5.41, 5.74) is 5.98. The van der Waals surface area contributed by atoms with E-state index >= 15 is 0 Å². The molecule has 0 saturated heterocycles. The lowest BCUT2D eigenvalue weighted by molar-refractivity contribution is -0.128. The number of hydrazine groups is 1. The Morgan fingerprint density at radius 2 is 1.68 bits per heavy atom. The fraction of sp³-hybridized carbons (Fsp3) is 0.167. The second-order valence-electron chi connectivity index (χ2n) is 7.13. The number of methoxy groups -OCH3 is 1. The van der Waals surface area contributed by atoms with Crippen molar-refractivity contribution in [3.63, 3.8) is 0 Å². The maximum Gasteiger partial charge on any atom is 0.305 e. The van der Waals surface area contributed by atoms with Gasteiger partial charge in [-0.15, -0.1) is 0 Å². The first-order valence-corrected chi connectivity index (χ1v) is 9.79. The Morgan fingerprint density at radius 1 is 0.935 bits per heavy atom. The van der Waals surface area contributed by atoms with Crippen LogP contribution in [-0.4, -0.2) is 25.0 Å². The average Bonchev–Trinajstić information content (AvgIpc) is 3.12. The first-order chi connectivity index (χ1) is 15.0. The van der Waals surface area contributed by atoms with Crippen molar-refractivity contribution < 1.29 is 23.5 Å². The summed E-state index contributed by atoms with van der Waals surface area (Å²) in [6.07, 6.45) is -0.817. The van der Waals surface area contributed by atoms with Gasteiger partial charge in [0.05, 0.1) is 7.11 Å². The number of hydrogen-bond donors (Lipinski definition) is 2. The number of benzene rings is 3. The monoisotopic (exact) mass is 418 g/mol. The fourth-order valence-electron chi connectivity index (χ4n) is 3.32. The van der Waals surface area contributed by atoms with Gasteiger partial charge in [0.2, 0.25) is 0 Å². The van der Waals surface area contributed by atoms with E-state index < -0.39 is 17.9 Å². The van der Waals surface area contributed by atoms with Crippen LogP contribution in [0, 0.1) is 6.92 Å². The molecule has 7 nitrogen and oxygen atoms in total. The van der Waals surface area contributed by atoms with Gasteiger partial charge in [-0.2, -0.15) is 0 Å². The van der Waals surface area contributed by atoms with Crippen molar-refractivity contribution in [1.82, 2.24) is 10.9 Å². The Labute approximate surface area is 178 Å². The second kappa shape index (κ2) is 8.39. The van der Waals surface area contributed by atoms with E-state index in [-0.39, 0.29) is 5.76 Å². The van der Waals surface area contributed by atoms with Crippen molar-refractivity contribution in [2.24, 2.45) is 0 Å². The zero-order chi connectivity index (χ0) is 22.0. The van der Waals surface area contributed by atoms with Gasteiger partial charge >= 0.3 is 5.91 Å². The number of carbonyl (C=O) groups is 2. The van der Waals surface area contributed by atoms with Crippen molar-refractivity contribution in [2.45, 2.75) is 20.0 Å². The van der Waals surface area contributed by atoms with Gasteiger partial charge in [0.1, 0.15) is 17.1 Å². The highest BCUT2D eigenvalue weighted by Crippen LogP contribution is 2.28. The molecule has 4 rings (SSSR count). The van der Waals surface area contributed by atoms with Gasteiger partial charge in [-0.05, 0) is 55.0 Å². The molecule has 31 heavy (non-hydrogen) atoms. The van der Waals surface area contributed by atoms with Crippen LogP contribution in [0.15, 0.2) is 65.1 Å². The molecule has 1 aromatic heterocycles. The van der Waals surface area contributed by atoms with Gasteiger partial charge in [-0.25, -0.2) is 0 Å². The third kappa shape index (κ3) is 4.16. The highest BCUT2D eigenvalue weighted by molar-refractivity contribution is 6.00. The number of hydrogen-bond acceptors (Lipinski definition) is 5. The third-order valence-electron chi connectivity index (χ3n) is 5.05. The molecule has 0 aliphatic rings. The molecule has 1 heterocycles. The highest BCUT2D eigenvalue weighted by Gasteiger charge is 2.20. The molecule has 1 atom stereocenters. The molecule has 0 saturated carbocycles. The SMILES string of the molecule is COc1ccc2oc(C(=O)NNC(=O)C(C)Oc3ccc4ccccc4c3)c(C)c2c1. The van der Waals surface area contributed by atoms with E-state index in [0.717, 1.165) is 16.2 Å². The summed E-state index contributed by atoms with van der Waals surface area (Å²) in [7, 11) is 1.57. The van der Waals surface area contributed by atoms with Crippen LogP contribution >= 0.6 is 0 Å². The fourth-order valence-corrected chi connectivity index (χ4v) is 3.32. The normalized spacial score (nSPS) is 11.8. The molecule has 1 unspecified atom stereocenters. The quantitative estimate of drug-likeness (QED) is 0.476. The van der Waals surface area contributed by atoms with Crippen molar-refractivity contribution >= 4 is 33.6 Å². The van der Waals surface area contributed by atoms with Gasteiger partial charge in [0.15, 0.2) is 11.9 Å². The van der Waals surface area contributed by atoms with E-state index in [9.17, 15) is 9.59 Å². The van der Waals surface area contributed by atoms with Crippen LogP contribution in [0.4, 0.5) is 0 Å². The van der Waals surface area contributed by atoms with Gasteiger partial charge in [-0.3, -0.25) is 20.4 Å². The minimum absolute atomic E-state index is 0.117. The van der Waals surface area contributed by atoms with Crippen LogP contribution in [0.1, 0.15) is 23.0 Å². The zero-order valence-electron chi connectivity index (χ0n) is 17.4. The van der Waals surface area contributed by atoms with Crippen LogP contribution in [0.2, 0.25) is 0 Å². The Kier molecular flexibility index (Phi) is 5.49. The Balaban J connectivity index is 1.40. The standard InChI is InChI=1S/C24H22N2O5/c1-14-20-13-18(29-3)10-11-21(20)31-22(14)24(28)26-25-23(27)15(2)30-19-9-8-16-6-4-5-7-17(16)12-19/h4-13,15H,1-3H3,(H,25,27)(H,26,28). The van der Waals surface area contributed by atoms with Crippen LogP contribution in [0.3, 0.4) is 0 Å². The first-order valence-electron chi connectivity index (χ1n) is 9.79. The Morgan fingerprint density at radius 3 is 2.45 bits per heavy atom. The van der Waals surface area contributed by atoms with Crippen LogP contribution in [-0.2, 0) is 4.79 Å². The summed E-state index contributed by atoms with van der Waals surface area (Å²) in [4.78, 5) is 24.9. The number of carbonyl (C=O) groups excluding carboxylic acids is 2. The van der Waals surface area contributed by atoms with Gasteiger partial charge in [0, 0.05) is 10.9 Å². The molecule has 3 aromatic carbocycles. The van der Waals surface area contributed by atoms with E-state index in [1.54, 1.807) is 45.2 Å². The molecular formula is C24H22N2O5. The summed E-state index contributed by atoms with van der Waals surface area (Å²) in [6.45, 7) is 3.38. The second-order valence-corrected chi connectivity index (χ2v) is 7.13. The molecule has 0 aliphatic heterocycles. The van der Waals surface area contributed by atoms with Crippen LogP contribution in [0.5, 0.6) is 11.5 Å². The van der Waals surface area contributed by atoms with E-state index in [1.165, 1.54) is 0 Å². The number of furan rings is 1. The summed E-state index contributed by atoms with van der Waals surface area (Å²) < 4.78 is 16.6. The third-order valence-corrected chi connectivity index (χ3v) is 5.05. The van der Waals surface area contributed by atoms with Crippen molar-refractivity contribution in [3.8, 4) is 11.5 Å². The molecule has 2 amide bonds. The largest absolute Gasteiger partial charge is 0.497 e. The van der Waals surface area contributed by atoms with Crippen molar-refractivity contribution in [3.05, 3.63) is 72.0 Å². The van der Waals surface area contributed by atoms with Gasteiger partial charge in [-0.1, -0.05) is 30.3 Å². The number of ether oxygens (including phenoxy) is 2. The lowest BCUT2D eigenvalue weighted by Crippen LogP contribution is -2.47. The number of rotatable bonds is 5. The minimum Gasteiger partial charge on any atom is -0.497 e. The van der Waals surface area contributed by atoms with E-state index in [0.29, 0.717) is 22.6 Å². The molecule has 2 N–H and O–H groups in total. The van der Waals surface area contributed by atoms with Gasteiger partial charge < -0.3 is 13.9 Å². The summed E-state index contributed by atoms with van der Waals surface area (Å²) >= 11 is 0. The average molecular weight is 418 g/mol. The number of fused-ring (bicyclic) bond motifs is 2. The predicted octanol–water partition coefficient (Wildman–Crippen LogP) is 4.13. The molecule has 4 aromatic rings. The number of aryl methyl sites for hydroxylation is 1. The van der Waals surface area contributed by atoms with Crippen molar-refractivity contribution in [1.29, 1.82) is 0 Å². The summed E-state index contributed by atoms with van der Waals surface area (Å²) in [5, 5.41) is 2.86. The van der Waals surface area contributed by atoms with Crippen molar-refractivity contribution in [2.75, 3.05) is 7.11 Å². The minimum atomic E-state index is -0.817. The maximum absolute atomic E-state index is 12.5. The molecular weight excluding hydrogens is 396 g/mol. The molecule has 0 fully saturated rings. The highest BCUT2D eigenvalue weighted by atomic mass is 16.5. The smallest absolute Gasteiger partial charge is 0.305 e. The van der Waals surface area contributed by atoms with E-state index in [4.69, 9.17) is 13.9 Å². The zero-order valence-corrected chi connectivity index (χ0v) is 17.4. The topological polar surface area (TPSA) is 89.8 Å². The van der Waals surface area contributed by atoms with E-state index in [2.05, 4.69) is 10.9 Å². The lowest BCUT2D eigenvalue weighted by atomic mass is 10.1. The molecule has 0 radical (unpaired) electrons.